The van der Waals surface area contributed by atoms with Gasteiger partial charge in [0, 0.05) is 23.7 Å². The second kappa shape index (κ2) is 6.40. The van der Waals surface area contributed by atoms with Crippen molar-refractivity contribution in [1.82, 2.24) is 4.57 Å². The Balaban J connectivity index is 2.13. The summed E-state index contributed by atoms with van der Waals surface area (Å²) < 4.78 is 37.1. The van der Waals surface area contributed by atoms with Crippen LogP contribution in [0.4, 0.5) is 0 Å². The van der Waals surface area contributed by atoms with Crippen LogP contribution in [0.25, 0.3) is 11.1 Å². The Morgan fingerprint density at radius 1 is 1.20 bits per heavy atom. The number of sulfone groups is 1. The van der Waals surface area contributed by atoms with Crippen molar-refractivity contribution in [1.29, 1.82) is 0 Å². The summed E-state index contributed by atoms with van der Waals surface area (Å²) >= 11 is 12.1. The van der Waals surface area contributed by atoms with Crippen molar-refractivity contribution in [3.63, 3.8) is 0 Å². The first-order valence-corrected chi connectivity index (χ1v) is 9.48. The molecule has 132 valence electrons. The number of aryl methyl sites for hydroxylation is 1. The summed E-state index contributed by atoms with van der Waals surface area (Å²) in [5.74, 6) is -0.550. The highest BCUT2D eigenvalue weighted by atomic mass is 35.5. The van der Waals surface area contributed by atoms with Crippen molar-refractivity contribution in [2.45, 2.75) is 10.6 Å². The molecule has 0 aliphatic rings. The van der Waals surface area contributed by atoms with E-state index in [-0.39, 0.29) is 21.3 Å². The minimum absolute atomic E-state index is 0.0251. The van der Waals surface area contributed by atoms with Crippen LogP contribution in [-0.2, 0) is 22.6 Å². The van der Waals surface area contributed by atoms with E-state index in [4.69, 9.17) is 32.4 Å². The lowest BCUT2D eigenvalue weighted by Crippen LogP contribution is -2.10. The number of halogens is 2. The number of ether oxygens (including phenoxy) is 1. The molecule has 0 saturated heterocycles. The lowest BCUT2D eigenvalue weighted by molar-refractivity contribution is 0.411. The maximum Gasteiger partial charge on any atom is 0.419 e. The van der Waals surface area contributed by atoms with Gasteiger partial charge < -0.3 is 9.15 Å². The minimum Gasteiger partial charge on any atom is -0.496 e. The Morgan fingerprint density at radius 3 is 2.60 bits per heavy atom. The number of benzene rings is 2. The molecule has 0 amide bonds. The molecule has 0 atom stereocenters. The molecule has 3 aromatic rings. The number of aromatic nitrogens is 1. The van der Waals surface area contributed by atoms with Crippen LogP contribution in [0.5, 0.6) is 5.75 Å². The predicted molar refractivity (Wildman–Crippen MR) is 95.4 cm³/mol. The zero-order valence-electron chi connectivity index (χ0n) is 13.2. The van der Waals surface area contributed by atoms with E-state index in [1.165, 1.54) is 36.9 Å². The Hall–Kier alpha value is -1.96. The maximum absolute atomic E-state index is 12.9. The van der Waals surface area contributed by atoms with Gasteiger partial charge >= 0.3 is 5.76 Å². The molecule has 0 N–H and O–H groups in total. The molecule has 0 bridgehead atoms. The van der Waals surface area contributed by atoms with Gasteiger partial charge in [-0.25, -0.2) is 13.2 Å². The summed E-state index contributed by atoms with van der Waals surface area (Å²) in [5.41, 5.74) is 0.968. The van der Waals surface area contributed by atoms with E-state index in [1.807, 2.05) is 0 Å². The molecular formula is C16H13Cl2NO5S. The lowest BCUT2D eigenvalue weighted by atomic mass is 10.2. The van der Waals surface area contributed by atoms with Gasteiger partial charge in [-0.05, 0) is 24.3 Å². The molecule has 0 spiro atoms. The van der Waals surface area contributed by atoms with Crippen molar-refractivity contribution in [2.24, 2.45) is 7.05 Å². The summed E-state index contributed by atoms with van der Waals surface area (Å²) in [5, 5.41) is 0.368. The first kappa shape index (κ1) is 17.8. The second-order valence-corrected chi connectivity index (χ2v) is 8.19. The van der Waals surface area contributed by atoms with Gasteiger partial charge in [-0.2, -0.15) is 0 Å². The highest BCUT2D eigenvalue weighted by Crippen LogP contribution is 2.32. The summed E-state index contributed by atoms with van der Waals surface area (Å²) in [6.45, 7) is 0. The molecule has 0 aliphatic carbocycles. The number of hydrogen-bond acceptors (Lipinski definition) is 5. The standard InChI is InChI=1S/C16H13Cl2NO5S/c1-19-12-7-15(11(18)6-14(12)24-16(19)20)25(21,22)8-9-5-10(17)3-4-13(9)23-2/h3-7H,8H2,1-2H3. The summed E-state index contributed by atoms with van der Waals surface area (Å²) in [6.07, 6.45) is 0. The Morgan fingerprint density at radius 2 is 1.92 bits per heavy atom. The molecule has 0 unspecified atom stereocenters. The third-order valence-electron chi connectivity index (χ3n) is 3.77. The van der Waals surface area contributed by atoms with Crippen LogP contribution in [0.15, 0.2) is 44.4 Å². The van der Waals surface area contributed by atoms with Crippen molar-refractivity contribution < 1.29 is 17.6 Å². The largest absolute Gasteiger partial charge is 0.496 e. The van der Waals surface area contributed by atoms with Gasteiger partial charge in [-0.1, -0.05) is 23.2 Å². The van der Waals surface area contributed by atoms with E-state index < -0.39 is 15.6 Å². The van der Waals surface area contributed by atoms with Gasteiger partial charge in [0.25, 0.3) is 0 Å². The van der Waals surface area contributed by atoms with Crippen LogP contribution < -0.4 is 10.5 Å². The zero-order valence-corrected chi connectivity index (χ0v) is 15.6. The fourth-order valence-corrected chi connectivity index (χ4v) is 4.65. The average molecular weight is 402 g/mol. The third kappa shape index (κ3) is 3.27. The van der Waals surface area contributed by atoms with Gasteiger partial charge in [0.15, 0.2) is 15.4 Å². The van der Waals surface area contributed by atoms with Crippen LogP contribution in [0, 0.1) is 0 Å². The Labute approximate surface area is 153 Å². The average Bonchev–Trinajstić information content (AvgIpc) is 2.80. The van der Waals surface area contributed by atoms with Crippen LogP contribution in [0.2, 0.25) is 10.0 Å². The number of nitrogens with zero attached hydrogens (tertiary/aromatic N) is 1. The van der Waals surface area contributed by atoms with Crippen molar-refractivity contribution >= 4 is 44.1 Å². The van der Waals surface area contributed by atoms with E-state index >= 15 is 0 Å². The normalized spacial score (nSPS) is 11.8. The highest BCUT2D eigenvalue weighted by Gasteiger charge is 2.23. The number of fused-ring (bicyclic) bond motifs is 1. The molecule has 0 fully saturated rings. The van der Waals surface area contributed by atoms with E-state index in [1.54, 1.807) is 12.1 Å². The van der Waals surface area contributed by atoms with Gasteiger partial charge in [-0.15, -0.1) is 0 Å². The molecular weight excluding hydrogens is 389 g/mol. The molecule has 1 aromatic heterocycles. The Kier molecular flexibility index (Phi) is 4.57. The van der Waals surface area contributed by atoms with Gasteiger partial charge in [0.05, 0.1) is 28.3 Å². The van der Waals surface area contributed by atoms with Gasteiger partial charge in [-0.3, -0.25) is 4.57 Å². The van der Waals surface area contributed by atoms with Crippen molar-refractivity contribution in [2.75, 3.05) is 7.11 Å². The first-order valence-electron chi connectivity index (χ1n) is 7.07. The lowest BCUT2D eigenvalue weighted by Gasteiger charge is -2.11. The SMILES string of the molecule is COc1ccc(Cl)cc1CS(=O)(=O)c1cc2c(cc1Cl)oc(=O)n2C. The smallest absolute Gasteiger partial charge is 0.419 e. The van der Waals surface area contributed by atoms with Crippen LogP contribution in [-0.4, -0.2) is 20.1 Å². The number of oxazole rings is 1. The Bertz CT molecular complexity index is 1130. The summed E-state index contributed by atoms with van der Waals surface area (Å²) in [6, 6.07) is 7.38. The van der Waals surface area contributed by atoms with Crippen molar-refractivity contribution in [3.8, 4) is 5.75 Å². The topological polar surface area (TPSA) is 78.5 Å². The minimum atomic E-state index is -3.82. The van der Waals surface area contributed by atoms with E-state index in [9.17, 15) is 13.2 Å². The monoisotopic (exact) mass is 401 g/mol. The second-order valence-electron chi connectivity index (χ2n) is 5.39. The van der Waals surface area contributed by atoms with E-state index in [2.05, 4.69) is 0 Å². The number of methoxy groups -OCH3 is 1. The number of hydrogen-bond donors (Lipinski definition) is 0. The fourth-order valence-electron chi connectivity index (χ4n) is 2.51. The van der Waals surface area contributed by atoms with Crippen LogP contribution in [0.1, 0.15) is 5.56 Å². The molecule has 0 radical (unpaired) electrons. The first-order chi connectivity index (χ1) is 11.7. The molecule has 9 heteroatoms. The molecule has 0 aliphatic heterocycles. The van der Waals surface area contributed by atoms with Gasteiger partial charge in [0.2, 0.25) is 0 Å². The summed E-state index contributed by atoms with van der Waals surface area (Å²) in [7, 11) is -0.891. The molecule has 1 heterocycles. The molecule has 3 rings (SSSR count). The molecule has 0 saturated carbocycles. The molecule has 2 aromatic carbocycles. The maximum atomic E-state index is 12.9. The molecule has 6 nitrogen and oxygen atoms in total. The third-order valence-corrected chi connectivity index (χ3v) is 6.13. The predicted octanol–water partition coefficient (Wildman–Crippen LogP) is 3.42. The fraction of sp³-hybridized carbons (Fsp3) is 0.188. The zero-order chi connectivity index (χ0) is 18.4. The van der Waals surface area contributed by atoms with Crippen LogP contribution >= 0.6 is 23.2 Å². The highest BCUT2D eigenvalue weighted by molar-refractivity contribution is 7.90. The van der Waals surface area contributed by atoms with Crippen molar-refractivity contribution in [3.05, 3.63) is 56.5 Å². The molecule has 25 heavy (non-hydrogen) atoms. The quantitative estimate of drug-likeness (QED) is 0.668. The van der Waals surface area contributed by atoms with Gasteiger partial charge in [0.1, 0.15) is 5.75 Å². The summed E-state index contributed by atoms with van der Waals surface area (Å²) in [4.78, 5) is 11.5. The van der Waals surface area contributed by atoms with E-state index in [0.29, 0.717) is 21.9 Å². The number of rotatable bonds is 4. The van der Waals surface area contributed by atoms with E-state index in [0.717, 1.165) is 0 Å². The van der Waals surface area contributed by atoms with Crippen LogP contribution in [0.3, 0.4) is 0 Å².